The zero-order valence-electron chi connectivity index (χ0n) is 13.9. The summed E-state index contributed by atoms with van der Waals surface area (Å²) >= 11 is 0. The van der Waals surface area contributed by atoms with Gasteiger partial charge in [0.05, 0.1) is 23.3 Å². The minimum atomic E-state index is 0.476. The molecule has 3 heteroatoms. The van der Waals surface area contributed by atoms with Crippen molar-refractivity contribution >= 4 is 17.2 Å². The van der Waals surface area contributed by atoms with E-state index < -0.39 is 0 Å². The van der Waals surface area contributed by atoms with E-state index in [1.165, 1.54) is 43.2 Å². The van der Waals surface area contributed by atoms with Crippen LogP contribution in [0.3, 0.4) is 0 Å². The molecule has 0 saturated heterocycles. The molecule has 0 unspecified atom stereocenters. The Bertz CT molecular complexity index is 827. The molecule has 1 saturated carbocycles. The number of para-hydroxylation sites is 2. The Morgan fingerprint density at radius 2 is 1.71 bits per heavy atom. The smallest absolute Gasteiger partial charge is 0.152 e. The fraction of sp³-hybridized carbons (Fsp3) is 0.333. The Morgan fingerprint density at radius 1 is 0.958 bits per heavy atom. The molecule has 0 bridgehead atoms. The quantitative estimate of drug-likeness (QED) is 0.633. The molecule has 1 aliphatic rings. The molecule has 4 rings (SSSR count). The number of hydrogen-bond acceptors (Lipinski definition) is 2. The van der Waals surface area contributed by atoms with E-state index in [2.05, 4.69) is 53.1 Å². The average Bonchev–Trinajstić information content (AvgIpc) is 2.99. The number of aliphatic imine (C=N–C) groups is 1. The van der Waals surface area contributed by atoms with E-state index in [4.69, 9.17) is 9.98 Å². The Labute approximate surface area is 143 Å². The molecule has 0 aliphatic heterocycles. The van der Waals surface area contributed by atoms with Gasteiger partial charge in [0.1, 0.15) is 0 Å². The van der Waals surface area contributed by atoms with Gasteiger partial charge in [0.2, 0.25) is 0 Å². The first kappa shape index (κ1) is 15.1. The molecule has 3 aromatic rings. The van der Waals surface area contributed by atoms with Crippen LogP contribution in [0.2, 0.25) is 0 Å². The summed E-state index contributed by atoms with van der Waals surface area (Å²) in [5.41, 5.74) is 3.50. The predicted molar refractivity (Wildman–Crippen MR) is 99.7 cm³/mol. The van der Waals surface area contributed by atoms with Crippen molar-refractivity contribution in [1.82, 2.24) is 9.55 Å². The third-order valence-electron chi connectivity index (χ3n) is 4.84. The van der Waals surface area contributed by atoms with Crippen LogP contribution in [0, 0.1) is 0 Å². The van der Waals surface area contributed by atoms with Gasteiger partial charge < -0.3 is 4.57 Å². The molecule has 24 heavy (non-hydrogen) atoms. The zero-order chi connectivity index (χ0) is 16.2. The summed E-state index contributed by atoms with van der Waals surface area (Å²) in [5.74, 6) is 0.964. The lowest BCUT2D eigenvalue weighted by atomic mass is 9.96. The first-order valence-corrected chi connectivity index (χ1v) is 8.92. The standard InChI is InChI=1S/C21H23N3/c1-3-9-17(10-4-1)16-24-20-14-8-7-13-19(20)23-21(24)15-22-18-11-5-2-6-12-18/h1,3-4,7-10,13-15,18H,2,5-6,11-12,16H2. The lowest BCUT2D eigenvalue weighted by Gasteiger charge is -2.17. The van der Waals surface area contributed by atoms with Crippen LogP contribution in [-0.2, 0) is 6.54 Å². The number of rotatable bonds is 4. The molecule has 122 valence electrons. The van der Waals surface area contributed by atoms with Crippen LogP contribution >= 0.6 is 0 Å². The highest BCUT2D eigenvalue weighted by Crippen LogP contribution is 2.21. The minimum absolute atomic E-state index is 0.476. The maximum Gasteiger partial charge on any atom is 0.152 e. The van der Waals surface area contributed by atoms with E-state index in [1.807, 2.05) is 12.3 Å². The molecule has 0 amide bonds. The fourth-order valence-electron chi connectivity index (χ4n) is 3.53. The molecule has 1 aromatic heterocycles. The molecule has 0 radical (unpaired) electrons. The van der Waals surface area contributed by atoms with Crippen molar-refractivity contribution in [3.8, 4) is 0 Å². The van der Waals surface area contributed by atoms with Gasteiger partial charge >= 0.3 is 0 Å². The molecule has 0 N–H and O–H groups in total. The number of benzene rings is 2. The highest BCUT2D eigenvalue weighted by Gasteiger charge is 2.13. The van der Waals surface area contributed by atoms with Crippen molar-refractivity contribution in [3.05, 3.63) is 66.0 Å². The second-order valence-corrected chi connectivity index (χ2v) is 6.60. The van der Waals surface area contributed by atoms with Crippen LogP contribution in [0.25, 0.3) is 11.0 Å². The normalized spacial score (nSPS) is 16.2. The van der Waals surface area contributed by atoms with Crippen LogP contribution < -0.4 is 0 Å². The highest BCUT2D eigenvalue weighted by atomic mass is 15.1. The summed E-state index contributed by atoms with van der Waals surface area (Å²) in [4.78, 5) is 9.65. The van der Waals surface area contributed by atoms with Crippen LogP contribution in [0.1, 0.15) is 43.5 Å². The van der Waals surface area contributed by atoms with E-state index in [0.29, 0.717) is 6.04 Å². The molecule has 2 aromatic carbocycles. The lowest BCUT2D eigenvalue weighted by Crippen LogP contribution is -2.11. The summed E-state index contributed by atoms with van der Waals surface area (Å²) < 4.78 is 2.27. The number of nitrogens with zero attached hydrogens (tertiary/aromatic N) is 3. The van der Waals surface area contributed by atoms with E-state index in [1.54, 1.807) is 0 Å². The van der Waals surface area contributed by atoms with Crippen LogP contribution in [-0.4, -0.2) is 21.8 Å². The van der Waals surface area contributed by atoms with Crippen LogP contribution in [0.15, 0.2) is 59.6 Å². The maximum atomic E-state index is 4.84. The van der Waals surface area contributed by atoms with Crippen molar-refractivity contribution in [2.45, 2.75) is 44.7 Å². The first-order valence-electron chi connectivity index (χ1n) is 8.92. The Morgan fingerprint density at radius 3 is 2.54 bits per heavy atom. The molecule has 1 fully saturated rings. The summed E-state index contributed by atoms with van der Waals surface area (Å²) in [6.07, 6.45) is 8.41. The number of imidazole rings is 1. The second-order valence-electron chi connectivity index (χ2n) is 6.60. The van der Waals surface area contributed by atoms with E-state index in [9.17, 15) is 0 Å². The van der Waals surface area contributed by atoms with E-state index >= 15 is 0 Å². The maximum absolute atomic E-state index is 4.84. The molecule has 3 nitrogen and oxygen atoms in total. The van der Waals surface area contributed by atoms with Gasteiger partial charge in [0, 0.05) is 6.54 Å². The van der Waals surface area contributed by atoms with Crippen molar-refractivity contribution in [2.24, 2.45) is 4.99 Å². The van der Waals surface area contributed by atoms with Gasteiger partial charge in [0.25, 0.3) is 0 Å². The van der Waals surface area contributed by atoms with Crippen molar-refractivity contribution in [2.75, 3.05) is 0 Å². The van der Waals surface area contributed by atoms with Crippen molar-refractivity contribution in [3.63, 3.8) is 0 Å². The number of aromatic nitrogens is 2. The monoisotopic (exact) mass is 317 g/mol. The van der Waals surface area contributed by atoms with Crippen molar-refractivity contribution < 1.29 is 0 Å². The lowest BCUT2D eigenvalue weighted by molar-refractivity contribution is 0.444. The second kappa shape index (κ2) is 7.00. The van der Waals surface area contributed by atoms with Gasteiger partial charge in [-0.15, -0.1) is 0 Å². The summed E-state index contributed by atoms with van der Waals surface area (Å²) in [5, 5.41) is 0. The molecular weight excluding hydrogens is 294 g/mol. The topological polar surface area (TPSA) is 30.2 Å². The zero-order valence-corrected chi connectivity index (χ0v) is 13.9. The van der Waals surface area contributed by atoms with Gasteiger partial charge in [-0.2, -0.15) is 0 Å². The predicted octanol–water partition coefficient (Wildman–Crippen LogP) is 4.84. The number of hydrogen-bond donors (Lipinski definition) is 0. The van der Waals surface area contributed by atoms with Crippen molar-refractivity contribution in [1.29, 1.82) is 0 Å². The summed E-state index contributed by atoms with van der Waals surface area (Å²) in [6, 6.07) is 19.4. The fourth-order valence-corrected chi connectivity index (χ4v) is 3.53. The van der Waals surface area contributed by atoms with Gasteiger partial charge in [0.15, 0.2) is 5.82 Å². The van der Waals surface area contributed by atoms with Crippen LogP contribution in [0.4, 0.5) is 0 Å². The molecule has 1 aliphatic carbocycles. The molecule has 1 heterocycles. The SMILES string of the molecule is C(=NC1CCCCC1)c1nc2ccccc2n1Cc1ccccc1. The third kappa shape index (κ3) is 3.25. The largest absolute Gasteiger partial charge is 0.319 e. The van der Waals surface area contributed by atoms with Gasteiger partial charge in [-0.25, -0.2) is 4.98 Å². The summed E-state index contributed by atoms with van der Waals surface area (Å²) in [6.45, 7) is 0.827. The third-order valence-corrected chi connectivity index (χ3v) is 4.84. The van der Waals surface area contributed by atoms with Crippen LogP contribution in [0.5, 0.6) is 0 Å². The summed E-state index contributed by atoms with van der Waals surface area (Å²) in [7, 11) is 0. The van der Waals surface area contributed by atoms with E-state index in [0.717, 1.165) is 17.9 Å². The minimum Gasteiger partial charge on any atom is -0.319 e. The van der Waals surface area contributed by atoms with E-state index in [-0.39, 0.29) is 0 Å². The molecular formula is C21H23N3. The highest BCUT2D eigenvalue weighted by molar-refractivity contribution is 5.85. The Balaban J connectivity index is 1.68. The van der Waals surface area contributed by atoms with Gasteiger partial charge in [-0.3, -0.25) is 4.99 Å². The number of fused-ring (bicyclic) bond motifs is 1. The van der Waals surface area contributed by atoms with Gasteiger partial charge in [-0.1, -0.05) is 61.7 Å². The average molecular weight is 317 g/mol. The molecule has 0 spiro atoms. The first-order chi connectivity index (χ1) is 11.9. The Hall–Kier alpha value is -2.42. The molecule has 0 atom stereocenters. The van der Waals surface area contributed by atoms with Gasteiger partial charge in [-0.05, 0) is 30.5 Å². The Kier molecular flexibility index (Phi) is 4.41.